The summed E-state index contributed by atoms with van der Waals surface area (Å²) in [6, 6.07) is 0. The molecule has 0 aromatic carbocycles. The maximum Gasteiger partial charge on any atom is 0.160 e. The zero-order valence-corrected chi connectivity index (χ0v) is 7.64. The SMILES string of the molecule is O=C1C=CC(=O)[C@H]2[C@H]1[C@@H]1C[C@@H]3C=C[C@]312. The number of ketones is 2. The van der Waals surface area contributed by atoms with Crippen LogP contribution in [-0.4, -0.2) is 11.6 Å². The van der Waals surface area contributed by atoms with Crippen molar-refractivity contribution in [3.63, 3.8) is 0 Å². The molecule has 0 unspecified atom stereocenters. The van der Waals surface area contributed by atoms with E-state index in [1.165, 1.54) is 12.2 Å². The molecule has 0 heterocycles. The summed E-state index contributed by atoms with van der Waals surface area (Å²) < 4.78 is 0. The van der Waals surface area contributed by atoms with E-state index in [2.05, 4.69) is 12.2 Å². The molecule has 0 radical (unpaired) electrons. The van der Waals surface area contributed by atoms with Crippen molar-refractivity contribution in [2.45, 2.75) is 6.42 Å². The minimum Gasteiger partial charge on any atom is -0.295 e. The number of rotatable bonds is 0. The van der Waals surface area contributed by atoms with E-state index in [-0.39, 0.29) is 28.8 Å². The Balaban J connectivity index is 1.85. The smallest absolute Gasteiger partial charge is 0.160 e. The molecular weight excluding hydrogens is 176 g/mol. The second-order valence-corrected chi connectivity index (χ2v) is 4.95. The Morgan fingerprint density at radius 1 is 1.21 bits per heavy atom. The number of allylic oxidation sites excluding steroid dienone is 4. The Labute approximate surface area is 81.7 Å². The molecule has 4 aliphatic carbocycles. The summed E-state index contributed by atoms with van der Waals surface area (Å²) in [5.41, 5.74) is 0.141. The minimum absolute atomic E-state index is 0.00810. The van der Waals surface area contributed by atoms with Crippen molar-refractivity contribution in [2.75, 3.05) is 0 Å². The normalized spacial score (nSPS) is 56.3. The summed E-state index contributed by atoms with van der Waals surface area (Å²) in [5, 5.41) is 0. The Morgan fingerprint density at radius 3 is 2.64 bits per heavy atom. The van der Waals surface area contributed by atoms with Gasteiger partial charge in [0.2, 0.25) is 0 Å². The van der Waals surface area contributed by atoms with Crippen LogP contribution < -0.4 is 0 Å². The lowest BCUT2D eigenvalue weighted by molar-refractivity contribution is -0.210. The van der Waals surface area contributed by atoms with Crippen molar-refractivity contribution in [1.29, 1.82) is 0 Å². The molecule has 2 fully saturated rings. The molecule has 0 amide bonds. The molecule has 0 saturated heterocycles. The van der Waals surface area contributed by atoms with Crippen LogP contribution in [0.1, 0.15) is 6.42 Å². The predicted octanol–water partition coefficient (Wildman–Crippen LogP) is 1.13. The lowest BCUT2D eigenvalue weighted by atomic mass is 9.28. The highest BCUT2D eigenvalue weighted by molar-refractivity contribution is 6.10. The fourth-order valence-corrected chi connectivity index (χ4v) is 4.07. The average molecular weight is 186 g/mol. The standard InChI is InChI=1S/C12H10O2/c13-8-1-2-9(14)11-10(8)7-5-6-3-4-12(6,7)11/h1-4,6-7,10-11H,5H2/t6-,7-,10-,11-,12-/m0/s1. The zero-order chi connectivity index (χ0) is 9.50. The topological polar surface area (TPSA) is 34.1 Å². The van der Waals surface area contributed by atoms with E-state index in [9.17, 15) is 9.59 Å². The summed E-state index contributed by atoms with van der Waals surface area (Å²) in [7, 11) is 0. The molecular formula is C12H10O2. The lowest BCUT2D eigenvalue weighted by Crippen LogP contribution is -2.74. The van der Waals surface area contributed by atoms with Crippen molar-refractivity contribution >= 4 is 11.6 Å². The van der Waals surface area contributed by atoms with Gasteiger partial charge in [-0.25, -0.2) is 0 Å². The van der Waals surface area contributed by atoms with Gasteiger partial charge in [0.15, 0.2) is 11.6 Å². The fourth-order valence-electron chi connectivity index (χ4n) is 4.07. The van der Waals surface area contributed by atoms with Gasteiger partial charge in [-0.15, -0.1) is 0 Å². The van der Waals surface area contributed by atoms with Crippen molar-refractivity contribution in [1.82, 2.24) is 0 Å². The van der Waals surface area contributed by atoms with Gasteiger partial charge in [-0.05, 0) is 30.4 Å². The number of carbonyl (C=O) groups excluding carboxylic acids is 2. The first kappa shape index (κ1) is 7.16. The first-order chi connectivity index (χ1) is 6.75. The molecule has 2 nitrogen and oxygen atoms in total. The number of fused-ring (bicyclic) bond motifs is 2. The summed E-state index contributed by atoms with van der Waals surface area (Å²) in [5.74, 6) is 1.51. The summed E-state index contributed by atoms with van der Waals surface area (Å²) in [6.45, 7) is 0. The van der Waals surface area contributed by atoms with Gasteiger partial charge >= 0.3 is 0 Å². The molecule has 0 aliphatic heterocycles. The van der Waals surface area contributed by atoms with Crippen LogP contribution in [0.4, 0.5) is 0 Å². The van der Waals surface area contributed by atoms with Crippen molar-refractivity contribution in [2.24, 2.45) is 29.1 Å². The minimum atomic E-state index is 0.00810. The molecule has 0 aromatic rings. The highest BCUT2D eigenvalue weighted by Crippen LogP contribution is 2.76. The van der Waals surface area contributed by atoms with Crippen LogP contribution >= 0.6 is 0 Å². The Hall–Kier alpha value is -1.18. The van der Waals surface area contributed by atoms with Gasteiger partial charge in [0.1, 0.15) is 0 Å². The molecule has 0 bridgehead atoms. The van der Waals surface area contributed by atoms with Gasteiger partial charge in [0, 0.05) is 17.3 Å². The molecule has 4 aliphatic rings. The molecule has 4 rings (SSSR count). The highest BCUT2D eigenvalue weighted by atomic mass is 16.1. The maximum absolute atomic E-state index is 11.7. The van der Waals surface area contributed by atoms with Crippen LogP contribution in [0, 0.1) is 29.1 Å². The predicted molar refractivity (Wildman–Crippen MR) is 49.3 cm³/mol. The first-order valence-corrected chi connectivity index (χ1v) is 5.20. The summed E-state index contributed by atoms with van der Waals surface area (Å²) >= 11 is 0. The average Bonchev–Trinajstić information content (AvgIpc) is 2.10. The largest absolute Gasteiger partial charge is 0.295 e. The molecule has 0 aromatic heterocycles. The monoisotopic (exact) mass is 186 g/mol. The molecule has 1 spiro atoms. The van der Waals surface area contributed by atoms with Gasteiger partial charge in [-0.3, -0.25) is 9.59 Å². The van der Waals surface area contributed by atoms with E-state index in [1.54, 1.807) is 0 Å². The van der Waals surface area contributed by atoms with Crippen molar-refractivity contribution in [3.8, 4) is 0 Å². The molecule has 5 atom stereocenters. The lowest BCUT2D eigenvalue weighted by Gasteiger charge is -2.74. The van der Waals surface area contributed by atoms with Crippen LogP contribution in [0.15, 0.2) is 24.3 Å². The van der Waals surface area contributed by atoms with Gasteiger partial charge in [0.25, 0.3) is 0 Å². The second-order valence-electron chi connectivity index (χ2n) is 4.95. The van der Waals surface area contributed by atoms with Gasteiger partial charge < -0.3 is 0 Å². The molecule has 2 heteroatoms. The van der Waals surface area contributed by atoms with E-state index < -0.39 is 0 Å². The van der Waals surface area contributed by atoms with E-state index in [0.717, 1.165) is 6.42 Å². The highest BCUT2D eigenvalue weighted by Gasteiger charge is 2.76. The third-order valence-electron chi connectivity index (χ3n) is 4.79. The zero-order valence-electron chi connectivity index (χ0n) is 7.64. The second kappa shape index (κ2) is 1.79. The molecule has 2 saturated carbocycles. The van der Waals surface area contributed by atoms with Crippen LogP contribution in [-0.2, 0) is 9.59 Å². The summed E-state index contributed by atoms with van der Waals surface area (Å²) in [6.07, 6.45) is 8.47. The van der Waals surface area contributed by atoms with E-state index in [4.69, 9.17) is 0 Å². The fraction of sp³-hybridized carbons (Fsp3) is 0.500. The first-order valence-electron chi connectivity index (χ1n) is 5.20. The molecule has 14 heavy (non-hydrogen) atoms. The van der Waals surface area contributed by atoms with Gasteiger partial charge in [-0.2, -0.15) is 0 Å². The van der Waals surface area contributed by atoms with Crippen LogP contribution in [0.2, 0.25) is 0 Å². The van der Waals surface area contributed by atoms with Crippen molar-refractivity contribution < 1.29 is 9.59 Å². The summed E-state index contributed by atoms with van der Waals surface area (Å²) in [4.78, 5) is 23.3. The number of hydrogen-bond acceptors (Lipinski definition) is 2. The number of hydrogen-bond donors (Lipinski definition) is 0. The Morgan fingerprint density at radius 2 is 2.00 bits per heavy atom. The van der Waals surface area contributed by atoms with Gasteiger partial charge in [0.05, 0.1) is 0 Å². The van der Waals surface area contributed by atoms with E-state index in [0.29, 0.717) is 11.8 Å². The van der Waals surface area contributed by atoms with Crippen LogP contribution in [0.3, 0.4) is 0 Å². The number of carbonyl (C=O) groups is 2. The van der Waals surface area contributed by atoms with E-state index >= 15 is 0 Å². The van der Waals surface area contributed by atoms with Crippen molar-refractivity contribution in [3.05, 3.63) is 24.3 Å². The third-order valence-corrected chi connectivity index (χ3v) is 4.79. The molecule has 0 N–H and O–H groups in total. The third kappa shape index (κ3) is 0.456. The van der Waals surface area contributed by atoms with Crippen LogP contribution in [0.5, 0.6) is 0 Å². The Kier molecular flexibility index (Phi) is 0.914. The van der Waals surface area contributed by atoms with E-state index in [1.807, 2.05) is 0 Å². The van der Waals surface area contributed by atoms with Gasteiger partial charge in [-0.1, -0.05) is 12.2 Å². The molecule has 70 valence electrons. The maximum atomic E-state index is 11.7. The van der Waals surface area contributed by atoms with Crippen LogP contribution in [0.25, 0.3) is 0 Å². The quantitative estimate of drug-likeness (QED) is 0.531. The Bertz CT molecular complexity index is 432.